The zero-order valence-electron chi connectivity index (χ0n) is 26.4. The molecule has 1 fully saturated rings. The van der Waals surface area contributed by atoms with Crippen molar-refractivity contribution in [3.05, 3.63) is 90.0 Å². The third-order valence-electron chi connectivity index (χ3n) is 7.23. The number of amides is 2. The van der Waals surface area contributed by atoms with E-state index < -0.39 is 30.4 Å². The first-order valence-electron chi connectivity index (χ1n) is 15.4. The summed E-state index contributed by atoms with van der Waals surface area (Å²) in [5, 5.41) is 13.5. The van der Waals surface area contributed by atoms with E-state index in [0.29, 0.717) is 24.2 Å². The Bertz CT molecular complexity index is 1510. The molecule has 12 heteroatoms. The van der Waals surface area contributed by atoms with Crippen molar-refractivity contribution in [2.24, 2.45) is 5.92 Å². The number of ether oxygens (including phenoxy) is 5. The van der Waals surface area contributed by atoms with E-state index in [1.165, 1.54) is 6.92 Å². The molecule has 0 radical (unpaired) electrons. The predicted molar refractivity (Wildman–Crippen MR) is 172 cm³/mol. The first-order valence-corrected chi connectivity index (χ1v) is 15.4. The highest BCUT2D eigenvalue weighted by molar-refractivity contribution is 6.04. The summed E-state index contributed by atoms with van der Waals surface area (Å²) in [4.78, 5) is 48.4. The van der Waals surface area contributed by atoms with Crippen LogP contribution in [0.15, 0.2) is 78.9 Å². The Balaban J connectivity index is 1.17. The highest BCUT2D eigenvalue weighted by Crippen LogP contribution is 2.25. The van der Waals surface area contributed by atoms with Crippen LogP contribution < -0.4 is 15.4 Å². The lowest BCUT2D eigenvalue weighted by Gasteiger charge is -2.15. The molecule has 12 nitrogen and oxygen atoms in total. The largest absolute Gasteiger partial charge is 0.511 e. The summed E-state index contributed by atoms with van der Waals surface area (Å²) in [5.74, 6) is -0.964. The van der Waals surface area contributed by atoms with Crippen molar-refractivity contribution >= 4 is 30.0 Å². The number of carbonyl (C=O) groups is 4. The number of nitrogens with one attached hydrogen (secondary N) is 3. The molecular formula is C35H39N3O9. The normalized spacial score (nSPS) is 15.9. The van der Waals surface area contributed by atoms with Gasteiger partial charge in [0.1, 0.15) is 24.8 Å². The van der Waals surface area contributed by atoms with E-state index in [1.54, 1.807) is 12.1 Å². The van der Waals surface area contributed by atoms with Gasteiger partial charge < -0.3 is 29.0 Å². The minimum atomic E-state index is -1.13. The number of hydrogen-bond donors (Lipinski definition) is 3. The van der Waals surface area contributed by atoms with E-state index in [0.717, 1.165) is 23.1 Å². The minimum absolute atomic E-state index is 0.0696. The number of esters is 1. The molecule has 3 N–H and O–H groups in total. The van der Waals surface area contributed by atoms with Crippen LogP contribution in [0.5, 0.6) is 5.75 Å². The number of hydrogen-bond acceptors (Lipinski definition) is 10. The van der Waals surface area contributed by atoms with Gasteiger partial charge in [0.15, 0.2) is 0 Å². The van der Waals surface area contributed by atoms with Gasteiger partial charge >= 0.3 is 18.2 Å². The van der Waals surface area contributed by atoms with Gasteiger partial charge in [-0.25, -0.2) is 9.59 Å². The molecule has 248 valence electrons. The first-order chi connectivity index (χ1) is 22.7. The Kier molecular flexibility index (Phi) is 12.7. The molecule has 4 rings (SSSR count). The van der Waals surface area contributed by atoms with Gasteiger partial charge in [-0.15, -0.1) is 0 Å². The lowest BCUT2D eigenvalue weighted by Crippen LogP contribution is -2.31. The van der Waals surface area contributed by atoms with Crippen LogP contribution in [0.25, 0.3) is 11.1 Å². The van der Waals surface area contributed by atoms with Crippen molar-refractivity contribution in [2.75, 3.05) is 13.2 Å². The van der Waals surface area contributed by atoms with Crippen molar-refractivity contribution in [1.29, 1.82) is 5.41 Å². The molecule has 1 unspecified atom stereocenters. The van der Waals surface area contributed by atoms with Gasteiger partial charge in [0.05, 0.1) is 25.0 Å². The second-order valence-electron chi connectivity index (χ2n) is 10.9. The fourth-order valence-electron chi connectivity index (χ4n) is 4.75. The van der Waals surface area contributed by atoms with Crippen molar-refractivity contribution in [2.45, 2.75) is 58.5 Å². The maximum absolute atomic E-state index is 12.4. The van der Waals surface area contributed by atoms with E-state index in [1.807, 2.05) is 73.7 Å². The predicted octanol–water partition coefficient (Wildman–Crippen LogP) is 5.72. The second-order valence-corrected chi connectivity index (χ2v) is 10.9. The number of amidine groups is 1. The topological polar surface area (TPSA) is 162 Å². The van der Waals surface area contributed by atoms with E-state index >= 15 is 0 Å². The van der Waals surface area contributed by atoms with E-state index in [2.05, 4.69) is 10.6 Å². The quantitative estimate of drug-likeness (QED) is 0.0497. The molecule has 1 saturated heterocycles. The Morgan fingerprint density at radius 3 is 2.30 bits per heavy atom. The monoisotopic (exact) mass is 645 g/mol. The zero-order chi connectivity index (χ0) is 33.6. The molecule has 1 aliphatic heterocycles. The summed E-state index contributed by atoms with van der Waals surface area (Å²) in [6.45, 7) is 3.92. The molecule has 3 atom stereocenters. The van der Waals surface area contributed by atoms with Crippen molar-refractivity contribution in [3.8, 4) is 16.9 Å². The molecule has 3 aromatic rings. The molecule has 0 aromatic heterocycles. The van der Waals surface area contributed by atoms with Gasteiger partial charge in [-0.2, -0.15) is 0 Å². The average Bonchev–Trinajstić information content (AvgIpc) is 3.41. The van der Waals surface area contributed by atoms with Crippen molar-refractivity contribution in [1.82, 2.24) is 10.6 Å². The van der Waals surface area contributed by atoms with E-state index in [9.17, 15) is 19.2 Å². The third kappa shape index (κ3) is 11.2. The molecule has 0 saturated carbocycles. The second kappa shape index (κ2) is 17.3. The van der Waals surface area contributed by atoms with Crippen LogP contribution in [0.2, 0.25) is 0 Å². The van der Waals surface area contributed by atoms with Crippen LogP contribution in [0, 0.1) is 11.3 Å². The zero-order valence-corrected chi connectivity index (χ0v) is 26.4. The highest BCUT2D eigenvalue weighted by atomic mass is 16.8. The molecule has 1 aliphatic rings. The van der Waals surface area contributed by atoms with Gasteiger partial charge in [-0.1, -0.05) is 80.1 Å². The van der Waals surface area contributed by atoms with Crippen molar-refractivity contribution < 1.29 is 42.9 Å². The maximum Gasteiger partial charge on any atom is 0.511 e. The maximum atomic E-state index is 12.4. The Hall–Kier alpha value is -5.39. The summed E-state index contributed by atoms with van der Waals surface area (Å²) in [5.41, 5.74) is 3.21. The lowest BCUT2D eigenvalue weighted by molar-refractivity contribution is -0.169. The van der Waals surface area contributed by atoms with Crippen LogP contribution >= 0.6 is 0 Å². The Morgan fingerprint density at radius 1 is 0.936 bits per heavy atom. The van der Waals surface area contributed by atoms with Crippen LogP contribution in [-0.2, 0) is 35.1 Å². The summed E-state index contributed by atoms with van der Waals surface area (Å²) in [7, 11) is 0. The van der Waals surface area contributed by atoms with Gasteiger partial charge in [0.25, 0.3) is 0 Å². The molecule has 3 aromatic carbocycles. The molecule has 2 amide bonds. The van der Waals surface area contributed by atoms with Crippen LogP contribution in [0.1, 0.15) is 50.7 Å². The molecule has 0 aliphatic carbocycles. The Morgan fingerprint density at radius 2 is 1.62 bits per heavy atom. The lowest BCUT2D eigenvalue weighted by atomic mass is 10.0. The average molecular weight is 646 g/mol. The Labute approximate surface area is 273 Å². The summed E-state index contributed by atoms with van der Waals surface area (Å²) in [6.07, 6.45) is -0.939. The number of carbonyl (C=O) groups excluding carboxylic acids is 4. The fraction of sp³-hybridized carbons (Fsp3) is 0.343. The van der Waals surface area contributed by atoms with Crippen LogP contribution in [0.4, 0.5) is 9.59 Å². The minimum Gasteiger partial charge on any atom is -0.491 e. The summed E-state index contributed by atoms with van der Waals surface area (Å²) in [6, 6.07) is 23.6. The van der Waals surface area contributed by atoms with E-state index in [-0.39, 0.29) is 44.0 Å². The number of rotatable bonds is 14. The van der Waals surface area contributed by atoms with Crippen LogP contribution in [-0.4, -0.2) is 55.5 Å². The number of alkyl carbamates (subject to hydrolysis) is 1. The first kappa shape index (κ1) is 34.5. The van der Waals surface area contributed by atoms with Gasteiger partial charge in [0, 0.05) is 12.5 Å². The number of unbranched alkanes of at least 4 members (excludes halogenated alkanes) is 1. The molecule has 1 heterocycles. The van der Waals surface area contributed by atoms with Gasteiger partial charge in [-0.3, -0.25) is 20.3 Å². The SMILES string of the molecule is CCCCOC(=O)OC(C)OC(=O)C[C@@H]1C[C@@H](COc2ccc(-c3ccc(C(=N)NC(=O)OCc4ccccc4)cc3)cc2)NC1=O. The third-order valence-corrected chi connectivity index (χ3v) is 7.23. The highest BCUT2D eigenvalue weighted by Gasteiger charge is 2.34. The summed E-state index contributed by atoms with van der Waals surface area (Å²) < 4.78 is 25.9. The number of benzene rings is 3. The van der Waals surface area contributed by atoms with Crippen LogP contribution in [0.3, 0.4) is 0 Å². The fourth-order valence-corrected chi connectivity index (χ4v) is 4.75. The van der Waals surface area contributed by atoms with E-state index in [4.69, 9.17) is 29.1 Å². The molecule has 0 spiro atoms. The smallest absolute Gasteiger partial charge is 0.491 e. The molecule has 0 bridgehead atoms. The van der Waals surface area contributed by atoms with Gasteiger partial charge in [-0.05, 0) is 41.7 Å². The molecule has 47 heavy (non-hydrogen) atoms. The molecular weight excluding hydrogens is 606 g/mol. The van der Waals surface area contributed by atoms with Gasteiger partial charge in [0.2, 0.25) is 12.2 Å². The van der Waals surface area contributed by atoms with Crippen molar-refractivity contribution in [3.63, 3.8) is 0 Å². The summed E-state index contributed by atoms with van der Waals surface area (Å²) >= 11 is 0. The standard InChI is InChI=1S/C35H39N3O9/c1-3-4-18-43-35(42)47-23(2)46-31(39)20-28-19-29(37-33(28)40)22-44-30-16-14-26(15-17-30)25-10-12-27(13-11-25)32(36)38-34(41)45-21-24-8-6-5-7-9-24/h5-17,23,28-29H,3-4,18-22H2,1-2H3,(H,37,40)(H2,36,38,41)/t23?,28-,29-/m0/s1.